The average Bonchev–Trinajstić information content (AvgIpc) is 2.39. The molecule has 0 aliphatic carbocycles. The molecule has 0 amide bonds. The van der Waals surface area contributed by atoms with E-state index < -0.39 is 37.1 Å². The molecular formula is C12H18BaO10. The summed E-state index contributed by atoms with van der Waals surface area (Å²) in [6.07, 6.45) is 0. The van der Waals surface area contributed by atoms with E-state index in [-0.39, 0.29) is 75.3 Å². The molecule has 0 bridgehead atoms. The number of carboxylic acids is 2. The number of rotatable bonds is 10. The molecule has 0 aromatic carbocycles. The van der Waals surface area contributed by atoms with Gasteiger partial charge in [0.25, 0.3) is 0 Å². The van der Waals surface area contributed by atoms with E-state index >= 15 is 0 Å². The zero-order chi connectivity index (χ0) is 17.4. The maximum absolute atomic E-state index is 10.5. The van der Waals surface area contributed by atoms with Gasteiger partial charge in [0.15, 0.2) is 0 Å². The molecular weight excluding hydrogens is 441 g/mol. The van der Waals surface area contributed by atoms with Crippen LogP contribution in [0.2, 0.25) is 0 Å². The van der Waals surface area contributed by atoms with Gasteiger partial charge >= 0.3 is 60.8 Å². The standard InChI is InChI=1S/2C6H10O5.Ba/c2*1-2-11-6(9)4-10-3-5(7)8;/h2*2-4H2,1H3,(H,7,8);/q;;+2/p-2. The summed E-state index contributed by atoms with van der Waals surface area (Å²) in [5.74, 6) is -3.86. The number of ether oxygens (including phenoxy) is 4. The smallest absolute Gasteiger partial charge is 0.548 e. The molecule has 0 rings (SSSR count). The Labute approximate surface area is 173 Å². The molecule has 0 saturated heterocycles. The fraction of sp³-hybridized carbons (Fsp3) is 0.667. The first-order valence-electron chi connectivity index (χ1n) is 6.19. The van der Waals surface area contributed by atoms with Crippen LogP contribution in [0.1, 0.15) is 13.8 Å². The Morgan fingerprint density at radius 2 is 1.00 bits per heavy atom. The minimum absolute atomic E-state index is 0. The van der Waals surface area contributed by atoms with Crippen LogP contribution in [0.15, 0.2) is 0 Å². The molecule has 128 valence electrons. The van der Waals surface area contributed by atoms with Gasteiger partial charge in [0, 0.05) is 0 Å². The van der Waals surface area contributed by atoms with E-state index in [1.165, 1.54) is 0 Å². The van der Waals surface area contributed by atoms with Gasteiger partial charge in [0.05, 0.1) is 38.4 Å². The number of aliphatic carboxylic acids is 2. The molecule has 0 aliphatic rings. The van der Waals surface area contributed by atoms with Crippen LogP contribution >= 0.6 is 0 Å². The fourth-order valence-corrected chi connectivity index (χ4v) is 0.841. The van der Waals surface area contributed by atoms with Crippen LogP contribution in [0.5, 0.6) is 0 Å². The van der Waals surface area contributed by atoms with E-state index in [1.807, 2.05) is 0 Å². The van der Waals surface area contributed by atoms with Crippen molar-refractivity contribution >= 4 is 72.8 Å². The van der Waals surface area contributed by atoms with Crippen molar-refractivity contribution in [1.82, 2.24) is 0 Å². The third kappa shape index (κ3) is 26.6. The van der Waals surface area contributed by atoms with Crippen LogP contribution in [0.4, 0.5) is 0 Å². The van der Waals surface area contributed by atoms with Crippen LogP contribution in [0, 0.1) is 0 Å². The number of hydrogen-bond acceptors (Lipinski definition) is 10. The van der Waals surface area contributed by atoms with E-state index in [4.69, 9.17) is 0 Å². The number of hydrogen-bond donors (Lipinski definition) is 0. The number of carbonyl (C=O) groups is 4. The molecule has 0 unspecified atom stereocenters. The average molecular weight is 460 g/mol. The van der Waals surface area contributed by atoms with Gasteiger partial charge in [0.2, 0.25) is 0 Å². The number of esters is 2. The van der Waals surface area contributed by atoms with Crippen molar-refractivity contribution in [3.05, 3.63) is 0 Å². The van der Waals surface area contributed by atoms with Gasteiger partial charge in [-0.3, -0.25) is 0 Å². The summed E-state index contributed by atoms with van der Waals surface area (Å²) in [5, 5.41) is 19.5. The van der Waals surface area contributed by atoms with E-state index in [9.17, 15) is 29.4 Å². The predicted molar refractivity (Wildman–Crippen MR) is 70.7 cm³/mol. The first-order chi connectivity index (χ1) is 10.3. The fourth-order valence-electron chi connectivity index (χ4n) is 0.841. The van der Waals surface area contributed by atoms with Crippen molar-refractivity contribution in [3.8, 4) is 0 Å². The topological polar surface area (TPSA) is 151 Å². The van der Waals surface area contributed by atoms with Gasteiger partial charge in [0.1, 0.15) is 13.2 Å². The summed E-state index contributed by atoms with van der Waals surface area (Å²) in [6, 6.07) is 0. The van der Waals surface area contributed by atoms with Crippen molar-refractivity contribution in [2.75, 3.05) is 39.6 Å². The summed E-state index contributed by atoms with van der Waals surface area (Å²) in [5.41, 5.74) is 0. The minimum Gasteiger partial charge on any atom is -0.548 e. The molecule has 0 fully saturated rings. The summed E-state index contributed by atoms with van der Waals surface area (Å²) in [4.78, 5) is 40.4. The molecule has 0 aromatic heterocycles. The Bertz CT molecular complexity index is 324. The van der Waals surface area contributed by atoms with E-state index in [0.29, 0.717) is 0 Å². The van der Waals surface area contributed by atoms with Crippen molar-refractivity contribution in [3.63, 3.8) is 0 Å². The van der Waals surface area contributed by atoms with Gasteiger partial charge in [-0.25, -0.2) is 9.59 Å². The van der Waals surface area contributed by atoms with E-state index in [1.54, 1.807) is 13.8 Å². The zero-order valence-corrected chi connectivity index (χ0v) is 17.5. The molecule has 0 aliphatic heterocycles. The maximum atomic E-state index is 10.5. The molecule has 0 N–H and O–H groups in total. The summed E-state index contributed by atoms with van der Waals surface area (Å²) >= 11 is 0. The molecule has 0 aromatic rings. The summed E-state index contributed by atoms with van der Waals surface area (Å²) in [7, 11) is 0. The molecule has 0 radical (unpaired) electrons. The van der Waals surface area contributed by atoms with Crippen LogP contribution in [-0.2, 0) is 38.1 Å². The van der Waals surface area contributed by atoms with Crippen LogP contribution in [0.3, 0.4) is 0 Å². The third-order valence-corrected chi connectivity index (χ3v) is 1.49. The van der Waals surface area contributed by atoms with Crippen LogP contribution in [0.25, 0.3) is 0 Å². The molecule has 0 atom stereocenters. The second-order valence-electron chi connectivity index (χ2n) is 3.34. The molecule has 0 saturated carbocycles. The van der Waals surface area contributed by atoms with Crippen molar-refractivity contribution in [2.45, 2.75) is 13.8 Å². The molecule has 0 heterocycles. The molecule has 11 heteroatoms. The Kier molecular flexibility index (Phi) is 23.0. The second kappa shape index (κ2) is 19.4. The molecule has 10 nitrogen and oxygen atoms in total. The first kappa shape index (κ1) is 27.2. The van der Waals surface area contributed by atoms with E-state index in [2.05, 4.69) is 18.9 Å². The second-order valence-corrected chi connectivity index (χ2v) is 3.34. The SMILES string of the molecule is CCOC(=O)COCC(=O)[O-].CCOC(=O)COCC(=O)[O-].[Ba+2]. The zero-order valence-electron chi connectivity index (χ0n) is 13.0. The third-order valence-electron chi connectivity index (χ3n) is 1.49. The van der Waals surface area contributed by atoms with Crippen molar-refractivity contribution in [2.24, 2.45) is 0 Å². The van der Waals surface area contributed by atoms with Crippen LogP contribution in [-0.4, -0.2) is 112 Å². The van der Waals surface area contributed by atoms with Gasteiger partial charge in [-0.05, 0) is 13.8 Å². The number of carboxylic acid groups (broad SMARTS) is 2. The van der Waals surface area contributed by atoms with Crippen molar-refractivity contribution < 1.29 is 48.3 Å². The Morgan fingerprint density at radius 1 is 0.696 bits per heavy atom. The monoisotopic (exact) mass is 460 g/mol. The van der Waals surface area contributed by atoms with Crippen molar-refractivity contribution in [1.29, 1.82) is 0 Å². The largest absolute Gasteiger partial charge is 2.00 e. The Morgan fingerprint density at radius 3 is 1.22 bits per heavy atom. The first-order valence-corrected chi connectivity index (χ1v) is 6.19. The normalized spacial score (nSPS) is 8.78. The van der Waals surface area contributed by atoms with E-state index in [0.717, 1.165) is 0 Å². The predicted octanol–water partition coefficient (Wildman–Crippen LogP) is -3.75. The van der Waals surface area contributed by atoms with Gasteiger partial charge in [-0.1, -0.05) is 0 Å². The minimum atomic E-state index is -1.35. The molecule has 0 spiro atoms. The Hall–Kier alpha value is -0.629. The van der Waals surface area contributed by atoms with Gasteiger partial charge < -0.3 is 38.7 Å². The van der Waals surface area contributed by atoms with Gasteiger partial charge in [-0.15, -0.1) is 0 Å². The Balaban J connectivity index is -0.000000333. The number of carbonyl (C=O) groups excluding carboxylic acids is 4. The quantitative estimate of drug-likeness (QED) is 0.235. The molecule has 23 heavy (non-hydrogen) atoms. The summed E-state index contributed by atoms with van der Waals surface area (Å²) < 4.78 is 17.6. The maximum Gasteiger partial charge on any atom is 2.00 e. The van der Waals surface area contributed by atoms with Gasteiger partial charge in [-0.2, -0.15) is 0 Å². The van der Waals surface area contributed by atoms with Crippen LogP contribution < -0.4 is 10.2 Å². The summed E-state index contributed by atoms with van der Waals surface area (Å²) in [6.45, 7) is 1.95.